The van der Waals surface area contributed by atoms with Crippen LogP contribution in [-0.4, -0.2) is 10.4 Å². The van der Waals surface area contributed by atoms with E-state index in [4.69, 9.17) is 19.1 Å². The van der Waals surface area contributed by atoms with Crippen LogP contribution < -0.4 is 5.32 Å². The summed E-state index contributed by atoms with van der Waals surface area (Å²) in [6.45, 7) is 0. The molecule has 0 spiro atoms. The number of rotatable bonds is 6. The second-order valence-corrected chi connectivity index (χ2v) is 16.3. The summed E-state index contributed by atoms with van der Waals surface area (Å²) < 4.78 is 15.5. The Hall–Kier alpha value is -8.19. The molecule has 9 aromatic carbocycles. The van der Waals surface area contributed by atoms with Gasteiger partial charge in [-0.25, -0.2) is 0 Å². The number of nitrogens with one attached hydrogen (secondary N) is 1. The van der Waals surface area contributed by atoms with E-state index in [2.05, 4.69) is 180 Å². The number of hydrogen-bond acceptors (Lipinski definition) is 4. The van der Waals surface area contributed by atoms with Crippen molar-refractivity contribution in [2.45, 2.75) is 12.3 Å². The Kier molecular flexibility index (Phi) is 8.01. The van der Waals surface area contributed by atoms with Crippen molar-refractivity contribution in [3.8, 4) is 27.9 Å². The molecular weight excluding hydrogens is 773 g/mol. The van der Waals surface area contributed by atoms with Crippen LogP contribution in [0.4, 0.5) is 0 Å². The third-order valence-electron chi connectivity index (χ3n) is 12.6. The molecule has 3 aromatic heterocycles. The number of amidine groups is 1. The van der Waals surface area contributed by atoms with Crippen LogP contribution in [0, 0.1) is 0 Å². The van der Waals surface area contributed by atoms with Gasteiger partial charge in [-0.2, -0.15) is 0 Å². The average molecular weight is 810 g/mol. The molecule has 0 radical (unpaired) electrons. The van der Waals surface area contributed by atoms with E-state index in [9.17, 15) is 0 Å². The Morgan fingerprint density at radius 1 is 0.429 bits per heavy atom. The molecule has 13 rings (SSSR count). The molecule has 0 amide bonds. The minimum Gasteiger partial charge on any atom is -0.456 e. The molecule has 2 atom stereocenters. The van der Waals surface area contributed by atoms with E-state index in [1.807, 2.05) is 36.4 Å². The van der Waals surface area contributed by atoms with Gasteiger partial charge >= 0.3 is 0 Å². The molecule has 6 nitrogen and oxygen atoms in total. The van der Waals surface area contributed by atoms with E-state index < -0.39 is 0 Å². The van der Waals surface area contributed by atoms with Crippen molar-refractivity contribution < 1.29 is 8.83 Å². The monoisotopic (exact) mass is 809 g/mol. The van der Waals surface area contributed by atoms with Gasteiger partial charge in [0.25, 0.3) is 0 Å². The van der Waals surface area contributed by atoms with E-state index in [1.54, 1.807) is 0 Å². The lowest BCUT2D eigenvalue weighted by Crippen LogP contribution is -2.31. The first-order valence-corrected chi connectivity index (χ1v) is 21.4. The zero-order chi connectivity index (χ0) is 41.4. The molecule has 0 aliphatic carbocycles. The topological polar surface area (TPSA) is 69.7 Å². The van der Waals surface area contributed by atoms with Crippen LogP contribution in [0.3, 0.4) is 0 Å². The van der Waals surface area contributed by atoms with Crippen LogP contribution in [0.15, 0.2) is 220 Å². The van der Waals surface area contributed by atoms with E-state index in [0.717, 1.165) is 82.9 Å². The number of fused-ring (bicyclic) bond motifs is 9. The highest BCUT2D eigenvalue weighted by molar-refractivity contribution is 6.16. The number of aromatic nitrogens is 1. The summed E-state index contributed by atoms with van der Waals surface area (Å²) in [5.41, 5.74) is 14.4. The maximum Gasteiger partial charge on any atom is 0.136 e. The fourth-order valence-corrected chi connectivity index (χ4v) is 9.58. The van der Waals surface area contributed by atoms with Crippen molar-refractivity contribution in [3.05, 3.63) is 228 Å². The summed E-state index contributed by atoms with van der Waals surface area (Å²) in [4.78, 5) is 5.23. The Morgan fingerprint density at radius 3 is 1.86 bits per heavy atom. The number of nitrogens with zero attached hydrogens (tertiary/aromatic N) is 3. The lowest BCUT2D eigenvalue weighted by molar-refractivity contribution is 0.488. The van der Waals surface area contributed by atoms with E-state index in [1.165, 1.54) is 27.4 Å². The molecule has 63 heavy (non-hydrogen) atoms. The third-order valence-corrected chi connectivity index (χ3v) is 12.6. The summed E-state index contributed by atoms with van der Waals surface area (Å²) in [5.74, 6) is 0.663. The highest BCUT2D eigenvalue weighted by Crippen LogP contribution is 2.42. The van der Waals surface area contributed by atoms with E-state index in [-0.39, 0.29) is 12.3 Å². The highest BCUT2D eigenvalue weighted by atomic mass is 16.3. The van der Waals surface area contributed by atoms with Gasteiger partial charge in [-0.1, -0.05) is 151 Å². The average Bonchev–Trinajstić information content (AvgIpc) is 4.03. The zero-order valence-corrected chi connectivity index (χ0v) is 33.9. The lowest BCUT2D eigenvalue weighted by Gasteiger charge is -2.40. The zero-order valence-electron chi connectivity index (χ0n) is 33.9. The quantitative estimate of drug-likeness (QED) is 0.182. The van der Waals surface area contributed by atoms with Crippen LogP contribution in [0.25, 0.3) is 98.9 Å². The Bertz CT molecular complexity index is 3750. The molecule has 2 unspecified atom stereocenters. The number of para-hydroxylation sites is 3. The van der Waals surface area contributed by atoms with Gasteiger partial charge in [0, 0.05) is 55.9 Å². The van der Waals surface area contributed by atoms with Gasteiger partial charge in [0.1, 0.15) is 22.3 Å². The van der Waals surface area contributed by atoms with Gasteiger partial charge in [-0.3, -0.25) is 0 Å². The van der Waals surface area contributed by atoms with Gasteiger partial charge in [0.05, 0.1) is 11.0 Å². The molecule has 1 aliphatic rings. The van der Waals surface area contributed by atoms with E-state index in [0.29, 0.717) is 5.84 Å². The van der Waals surface area contributed by atoms with Gasteiger partial charge in [0.2, 0.25) is 0 Å². The molecule has 12 aromatic rings. The summed E-state index contributed by atoms with van der Waals surface area (Å²) in [6, 6.07) is 72.5. The molecule has 0 bridgehead atoms. The summed E-state index contributed by atoms with van der Waals surface area (Å²) in [6.07, 6.45) is -0.656. The second kappa shape index (κ2) is 14.2. The van der Waals surface area contributed by atoms with Crippen LogP contribution in [0.5, 0.6) is 0 Å². The SMILES string of the molecule is c1ccc(-c2ccc3c(c2)c2cccc(-c4ccc5c(c4)oc4cc(C6=NC(c7ccc8c(c7)oc7ccccc78)NC(c7ccccc7)[N-]6)ccc45)c2n3-c2ccccc2)cc1. The molecular formula is C57H37N4O2-. The van der Waals surface area contributed by atoms with Crippen LogP contribution in [0.2, 0.25) is 0 Å². The Balaban J connectivity index is 0.917. The predicted octanol–water partition coefficient (Wildman–Crippen LogP) is 15.0. The van der Waals surface area contributed by atoms with Crippen molar-refractivity contribution in [1.29, 1.82) is 0 Å². The molecule has 6 heteroatoms. The molecule has 0 saturated heterocycles. The number of benzene rings is 9. The fourth-order valence-electron chi connectivity index (χ4n) is 9.58. The third kappa shape index (κ3) is 5.87. The minimum atomic E-state index is -0.353. The Morgan fingerprint density at radius 2 is 1.05 bits per heavy atom. The molecule has 0 fully saturated rings. The van der Waals surface area contributed by atoms with Crippen molar-refractivity contribution in [1.82, 2.24) is 9.88 Å². The van der Waals surface area contributed by atoms with E-state index >= 15 is 0 Å². The largest absolute Gasteiger partial charge is 0.456 e. The van der Waals surface area contributed by atoms with Gasteiger partial charge in [-0.15, -0.1) is 0 Å². The van der Waals surface area contributed by atoms with Gasteiger partial charge in [-0.05, 0) is 94.0 Å². The summed E-state index contributed by atoms with van der Waals surface area (Å²) >= 11 is 0. The molecule has 4 heterocycles. The molecule has 0 saturated carbocycles. The van der Waals surface area contributed by atoms with Crippen molar-refractivity contribution in [2.24, 2.45) is 4.99 Å². The van der Waals surface area contributed by atoms with Crippen LogP contribution >= 0.6 is 0 Å². The normalized spacial score (nSPS) is 15.5. The second-order valence-electron chi connectivity index (χ2n) is 16.3. The lowest BCUT2D eigenvalue weighted by atomic mass is 9.99. The first kappa shape index (κ1) is 35.6. The maximum absolute atomic E-state index is 6.77. The van der Waals surface area contributed by atoms with Crippen molar-refractivity contribution >= 4 is 71.5 Å². The summed E-state index contributed by atoms with van der Waals surface area (Å²) in [5, 5.41) is 15.6. The van der Waals surface area contributed by atoms with Crippen LogP contribution in [-0.2, 0) is 0 Å². The first-order valence-electron chi connectivity index (χ1n) is 21.4. The minimum absolute atomic E-state index is 0.303. The molecule has 1 N–H and O–H groups in total. The molecule has 298 valence electrons. The van der Waals surface area contributed by atoms with Gasteiger partial charge in [0.15, 0.2) is 0 Å². The fraction of sp³-hybridized carbons (Fsp3) is 0.0351. The molecule has 1 aliphatic heterocycles. The smallest absolute Gasteiger partial charge is 0.136 e. The predicted molar refractivity (Wildman–Crippen MR) is 258 cm³/mol. The first-order chi connectivity index (χ1) is 31.2. The Labute approximate surface area is 362 Å². The highest BCUT2D eigenvalue weighted by Gasteiger charge is 2.22. The van der Waals surface area contributed by atoms with Crippen molar-refractivity contribution in [3.63, 3.8) is 0 Å². The van der Waals surface area contributed by atoms with Crippen molar-refractivity contribution in [2.75, 3.05) is 0 Å². The maximum atomic E-state index is 6.77. The number of furan rings is 2. The van der Waals surface area contributed by atoms with Gasteiger partial charge < -0.3 is 29.0 Å². The van der Waals surface area contributed by atoms with Crippen LogP contribution in [0.1, 0.15) is 29.0 Å². The summed E-state index contributed by atoms with van der Waals surface area (Å²) in [7, 11) is 0. The number of aliphatic imine (C=N–C) groups is 1. The number of hydrogen-bond donors (Lipinski definition) is 1. The standard InChI is InChI=1S/C57H37N4O2/c1-4-13-35(14-5-1)37-26-30-49-48(31-37)47-21-12-20-42(54(47)61(49)41-17-8-3-9-18-41)38-23-27-45-46-29-25-40(34-53(46)63-51(45)32-38)57-59-55(36-15-6-2-7-16-36)58-56(60-57)39-24-28-44-43-19-10-11-22-50(43)62-52(44)33-39/h1-34,55-56,58H/q-1.